The van der Waals surface area contributed by atoms with Gasteiger partial charge in [0.1, 0.15) is 6.61 Å². The van der Waals surface area contributed by atoms with E-state index < -0.39 is 21.5 Å². The van der Waals surface area contributed by atoms with E-state index in [2.05, 4.69) is 25.7 Å². The summed E-state index contributed by atoms with van der Waals surface area (Å²) in [6.07, 6.45) is -0.0951. The van der Waals surface area contributed by atoms with Crippen LogP contribution < -0.4 is 0 Å². The second-order valence-corrected chi connectivity index (χ2v) is 10.6. The average molecular weight is 512 g/mol. The fourth-order valence-corrected chi connectivity index (χ4v) is 3.35. The molecule has 1 atom stereocenters. The molecule has 0 N–H and O–H groups in total. The van der Waals surface area contributed by atoms with Crippen molar-refractivity contribution in [1.82, 2.24) is 0 Å². The summed E-state index contributed by atoms with van der Waals surface area (Å²) in [4.78, 5) is 12.0. The summed E-state index contributed by atoms with van der Waals surface area (Å²) in [7, 11) is 0. The van der Waals surface area contributed by atoms with Crippen molar-refractivity contribution in [2.75, 3.05) is 19.8 Å². The first-order valence-corrected chi connectivity index (χ1v) is 11.8. The summed E-state index contributed by atoms with van der Waals surface area (Å²) >= 11 is 16.9. The fourth-order valence-electron chi connectivity index (χ4n) is 3.19. The molecule has 0 spiro atoms. The SMILES string of the molecule is CC(C)COC(C)OCC(CC#CC(=O)OCC(Cl)(Cl)Cl)(c1ccccc1)c1ccccc1. The third-order valence-electron chi connectivity index (χ3n) is 4.83. The van der Waals surface area contributed by atoms with Crippen LogP contribution in [0, 0.1) is 17.8 Å². The quantitative estimate of drug-likeness (QED) is 0.123. The van der Waals surface area contributed by atoms with Gasteiger partial charge in [-0.05, 0) is 24.0 Å². The number of rotatable bonds is 10. The Morgan fingerprint density at radius 1 is 0.879 bits per heavy atom. The van der Waals surface area contributed by atoms with Crippen LogP contribution in [0.15, 0.2) is 60.7 Å². The van der Waals surface area contributed by atoms with Gasteiger partial charge in [-0.25, -0.2) is 4.79 Å². The number of alkyl halides is 3. The molecule has 2 aromatic carbocycles. The lowest BCUT2D eigenvalue weighted by atomic mass is 9.72. The lowest BCUT2D eigenvalue weighted by Gasteiger charge is -2.34. The number of hydrogen-bond acceptors (Lipinski definition) is 4. The van der Waals surface area contributed by atoms with Gasteiger partial charge in [-0.15, -0.1) is 0 Å². The van der Waals surface area contributed by atoms with Crippen molar-refractivity contribution >= 4 is 40.8 Å². The highest BCUT2D eigenvalue weighted by atomic mass is 35.6. The van der Waals surface area contributed by atoms with Crippen LogP contribution in [0.25, 0.3) is 0 Å². The van der Waals surface area contributed by atoms with Gasteiger partial charge in [0, 0.05) is 12.3 Å². The van der Waals surface area contributed by atoms with Crippen LogP contribution in [-0.4, -0.2) is 35.9 Å². The minimum absolute atomic E-state index is 0.304. The predicted molar refractivity (Wildman–Crippen MR) is 134 cm³/mol. The van der Waals surface area contributed by atoms with E-state index in [-0.39, 0.29) is 6.61 Å². The topological polar surface area (TPSA) is 44.8 Å². The molecule has 0 aliphatic carbocycles. The van der Waals surface area contributed by atoms with Gasteiger partial charge in [-0.2, -0.15) is 0 Å². The first-order chi connectivity index (χ1) is 15.6. The van der Waals surface area contributed by atoms with Crippen molar-refractivity contribution in [3.8, 4) is 11.8 Å². The molecule has 0 saturated carbocycles. The molecule has 0 bridgehead atoms. The Morgan fingerprint density at radius 2 is 1.42 bits per heavy atom. The number of ether oxygens (including phenoxy) is 3. The molecule has 0 saturated heterocycles. The maximum absolute atomic E-state index is 12.0. The lowest BCUT2D eigenvalue weighted by Crippen LogP contribution is -2.35. The Hall–Kier alpha value is -1.74. The predicted octanol–water partition coefficient (Wildman–Crippen LogP) is 6.31. The molecule has 0 amide bonds. The lowest BCUT2D eigenvalue weighted by molar-refractivity contribution is -0.144. The van der Waals surface area contributed by atoms with Gasteiger partial charge < -0.3 is 14.2 Å². The molecule has 0 radical (unpaired) electrons. The molecule has 0 aliphatic heterocycles. The summed E-state index contributed by atoms with van der Waals surface area (Å²) in [6, 6.07) is 19.9. The van der Waals surface area contributed by atoms with Crippen LogP contribution >= 0.6 is 34.8 Å². The number of halogens is 3. The van der Waals surface area contributed by atoms with Crippen LogP contribution in [0.4, 0.5) is 0 Å². The molecule has 0 aromatic heterocycles. The summed E-state index contributed by atoms with van der Waals surface area (Å²) in [6.45, 7) is 6.58. The number of hydrogen-bond donors (Lipinski definition) is 0. The molecule has 0 aliphatic rings. The Bertz CT molecular complexity index is 876. The monoisotopic (exact) mass is 510 g/mol. The molecule has 7 heteroatoms. The summed E-state index contributed by atoms with van der Waals surface area (Å²) in [5.74, 6) is 5.10. The Kier molecular flexibility index (Phi) is 11.0. The molecule has 0 fully saturated rings. The van der Waals surface area contributed by atoms with Gasteiger partial charge in [0.2, 0.25) is 3.79 Å². The van der Waals surface area contributed by atoms with Crippen LogP contribution in [0.1, 0.15) is 38.3 Å². The second-order valence-electron chi connectivity index (χ2n) is 8.09. The standard InChI is InChI=1S/C26H29Cl3O4/c1-20(2)17-31-21(3)32-18-25(22-11-6-4-7-12-22,23-13-8-5-9-14-23)16-10-15-24(30)33-19-26(27,28)29/h4-9,11-14,20-21H,16-19H2,1-3H3. The van der Waals surface area contributed by atoms with Gasteiger partial charge in [0.05, 0.1) is 18.6 Å². The zero-order chi connectivity index (χ0) is 24.3. The van der Waals surface area contributed by atoms with Gasteiger partial charge >= 0.3 is 5.97 Å². The van der Waals surface area contributed by atoms with Gasteiger partial charge in [-0.1, -0.05) is 115 Å². The molecule has 2 rings (SSSR count). The molecule has 0 heterocycles. The number of esters is 1. The van der Waals surface area contributed by atoms with Crippen molar-refractivity contribution in [2.45, 2.75) is 42.7 Å². The Morgan fingerprint density at radius 3 is 1.91 bits per heavy atom. The normalized spacial score (nSPS) is 12.7. The van der Waals surface area contributed by atoms with Gasteiger partial charge in [0.25, 0.3) is 0 Å². The zero-order valence-electron chi connectivity index (χ0n) is 19.0. The highest BCUT2D eigenvalue weighted by Crippen LogP contribution is 2.36. The van der Waals surface area contributed by atoms with Crippen molar-refractivity contribution < 1.29 is 19.0 Å². The zero-order valence-corrected chi connectivity index (χ0v) is 21.3. The third kappa shape index (κ3) is 9.57. The smallest absolute Gasteiger partial charge is 0.384 e. The van der Waals surface area contributed by atoms with E-state index in [1.807, 2.05) is 67.6 Å². The third-order valence-corrected chi connectivity index (χ3v) is 5.16. The number of carbonyl (C=O) groups excluding carboxylic acids is 1. The molecule has 178 valence electrons. The number of benzene rings is 2. The van der Waals surface area contributed by atoms with Crippen molar-refractivity contribution in [3.63, 3.8) is 0 Å². The second kappa shape index (κ2) is 13.2. The maximum atomic E-state index is 12.0. The molecular formula is C26H29Cl3O4. The van der Waals surface area contributed by atoms with Crippen molar-refractivity contribution in [1.29, 1.82) is 0 Å². The number of carbonyl (C=O) groups is 1. The first-order valence-electron chi connectivity index (χ1n) is 10.7. The largest absolute Gasteiger partial charge is 0.452 e. The summed E-state index contributed by atoms with van der Waals surface area (Å²) < 4.78 is 15.2. The molecule has 1 unspecified atom stereocenters. The van der Waals surface area contributed by atoms with Crippen LogP contribution in [0.3, 0.4) is 0 Å². The highest BCUT2D eigenvalue weighted by Gasteiger charge is 2.35. The van der Waals surface area contributed by atoms with Gasteiger partial charge in [-0.3, -0.25) is 0 Å². The molecule has 2 aromatic rings. The van der Waals surface area contributed by atoms with E-state index in [1.54, 1.807) is 0 Å². The first kappa shape index (κ1) is 27.5. The highest BCUT2D eigenvalue weighted by molar-refractivity contribution is 6.67. The Labute approximate surface area is 211 Å². The Balaban J connectivity index is 2.33. The average Bonchev–Trinajstić information content (AvgIpc) is 2.79. The minimum atomic E-state index is -1.69. The molecule has 4 nitrogen and oxygen atoms in total. The summed E-state index contributed by atoms with van der Waals surface area (Å²) in [5, 5.41) is 0. The van der Waals surface area contributed by atoms with Crippen LogP contribution in [0.5, 0.6) is 0 Å². The van der Waals surface area contributed by atoms with E-state index in [1.165, 1.54) is 0 Å². The van der Waals surface area contributed by atoms with Gasteiger partial charge in [0.15, 0.2) is 6.29 Å². The van der Waals surface area contributed by atoms with Crippen LogP contribution in [0.2, 0.25) is 0 Å². The van der Waals surface area contributed by atoms with E-state index >= 15 is 0 Å². The van der Waals surface area contributed by atoms with Crippen molar-refractivity contribution in [2.24, 2.45) is 5.92 Å². The fraction of sp³-hybridized carbons (Fsp3) is 0.423. The van der Waals surface area contributed by atoms with Crippen molar-refractivity contribution in [3.05, 3.63) is 71.8 Å². The van der Waals surface area contributed by atoms with E-state index in [4.69, 9.17) is 49.0 Å². The minimum Gasteiger partial charge on any atom is -0.452 e. The van der Waals surface area contributed by atoms with Crippen LogP contribution in [-0.2, 0) is 24.4 Å². The van der Waals surface area contributed by atoms with E-state index in [0.29, 0.717) is 25.6 Å². The van der Waals surface area contributed by atoms with E-state index in [9.17, 15) is 4.79 Å². The maximum Gasteiger partial charge on any atom is 0.384 e. The molecular weight excluding hydrogens is 483 g/mol. The molecule has 33 heavy (non-hydrogen) atoms. The summed E-state index contributed by atoms with van der Waals surface area (Å²) in [5.41, 5.74) is 1.38. The van der Waals surface area contributed by atoms with E-state index in [0.717, 1.165) is 11.1 Å².